The van der Waals surface area contributed by atoms with Crippen LogP contribution in [0.5, 0.6) is 0 Å². The van der Waals surface area contributed by atoms with Crippen LogP contribution in [-0.2, 0) is 0 Å². The van der Waals surface area contributed by atoms with Crippen molar-refractivity contribution in [3.63, 3.8) is 0 Å². The van der Waals surface area contributed by atoms with Crippen LogP contribution >= 0.6 is 24.0 Å². The van der Waals surface area contributed by atoms with Gasteiger partial charge in [0.05, 0.1) is 5.02 Å². The van der Waals surface area contributed by atoms with Crippen molar-refractivity contribution in [2.24, 2.45) is 11.7 Å². The highest BCUT2D eigenvalue weighted by Crippen LogP contribution is 2.25. The smallest absolute Gasteiger partial charge is 0.141 e. The van der Waals surface area contributed by atoms with Crippen LogP contribution in [0.2, 0.25) is 5.02 Å². The molecule has 0 spiro atoms. The maximum absolute atomic E-state index is 12.9. The fraction of sp³-hybridized carbons (Fsp3) is 0.455. The Bertz CT molecular complexity index is 317. The lowest BCUT2D eigenvalue weighted by molar-refractivity contribution is 0.456. The van der Waals surface area contributed by atoms with Gasteiger partial charge >= 0.3 is 0 Å². The van der Waals surface area contributed by atoms with Crippen LogP contribution in [0.1, 0.15) is 31.9 Å². The maximum Gasteiger partial charge on any atom is 0.141 e. The molecule has 0 saturated carbocycles. The second kappa shape index (κ2) is 6.31. The number of nitrogens with two attached hydrogens (primary N) is 1. The number of benzene rings is 1. The molecular formula is C11H16Cl2FN. The molecule has 0 aliphatic heterocycles. The molecule has 4 heteroatoms. The van der Waals surface area contributed by atoms with Gasteiger partial charge in [0.15, 0.2) is 0 Å². The van der Waals surface area contributed by atoms with E-state index in [2.05, 4.69) is 13.8 Å². The van der Waals surface area contributed by atoms with Crippen LogP contribution in [0.4, 0.5) is 4.39 Å². The second-order valence-corrected chi connectivity index (χ2v) is 3.99. The molecule has 0 fully saturated rings. The highest BCUT2D eigenvalue weighted by atomic mass is 35.5. The SMILES string of the molecule is CCC(C)[C@H](N)c1ccc(F)c(Cl)c1.Cl. The van der Waals surface area contributed by atoms with Crippen molar-refractivity contribution in [1.82, 2.24) is 0 Å². The van der Waals surface area contributed by atoms with Gasteiger partial charge in [-0.25, -0.2) is 4.39 Å². The Morgan fingerprint density at radius 1 is 1.47 bits per heavy atom. The minimum atomic E-state index is -0.397. The first-order chi connectivity index (χ1) is 6.56. The van der Waals surface area contributed by atoms with E-state index in [1.54, 1.807) is 12.1 Å². The van der Waals surface area contributed by atoms with E-state index in [0.29, 0.717) is 5.92 Å². The van der Waals surface area contributed by atoms with E-state index in [1.807, 2.05) is 0 Å². The molecule has 1 unspecified atom stereocenters. The van der Waals surface area contributed by atoms with Crippen molar-refractivity contribution in [3.05, 3.63) is 34.6 Å². The summed E-state index contributed by atoms with van der Waals surface area (Å²) in [4.78, 5) is 0. The van der Waals surface area contributed by atoms with Gasteiger partial charge < -0.3 is 5.73 Å². The minimum Gasteiger partial charge on any atom is -0.324 e. The van der Waals surface area contributed by atoms with Crippen molar-refractivity contribution < 1.29 is 4.39 Å². The fourth-order valence-electron chi connectivity index (χ4n) is 1.30. The maximum atomic E-state index is 12.9. The van der Waals surface area contributed by atoms with E-state index in [0.717, 1.165) is 12.0 Å². The van der Waals surface area contributed by atoms with Gasteiger partial charge in [0.25, 0.3) is 0 Å². The van der Waals surface area contributed by atoms with Gasteiger partial charge in [0.2, 0.25) is 0 Å². The zero-order valence-corrected chi connectivity index (χ0v) is 10.4. The van der Waals surface area contributed by atoms with Gasteiger partial charge in [0.1, 0.15) is 5.82 Å². The number of hydrogen-bond donors (Lipinski definition) is 1. The predicted octanol–water partition coefficient (Wildman–Crippen LogP) is 3.95. The molecule has 86 valence electrons. The van der Waals surface area contributed by atoms with Crippen LogP contribution in [0.15, 0.2) is 18.2 Å². The predicted molar refractivity (Wildman–Crippen MR) is 65.0 cm³/mol. The first kappa shape index (κ1) is 14.7. The van der Waals surface area contributed by atoms with Crippen molar-refractivity contribution in [1.29, 1.82) is 0 Å². The van der Waals surface area contributed by atoms with Crippen LogP contribution in [0.3, 0.4) is 0 Å². The molecule has 2 N–H and O–H groups in total. The van der Waals surface area contributed by atoms with Crippen LogP contribution in [0.25, 0.3) is 0 Å². The number of rotatable bonds is 3. The molecule has 1 nitrogen and oxygen atoms in total. The third-order valence-electron chi connectivity index (χ3n) is 2.59. The summed E-state index contributed by atoms with van der Waals surface area (Å²) in [7, 11) is 0. The monoisotopic (exact) mass is 251 g/mol. The van der Waals surface area contributed by atoms with Crippen molar-refractivity contribution in [3.8, 4) is 0 Å². The average Bonchev–Trinajstić information content (AvgIpc) is 2.20. The lowest BCUT2D eigenvalue weighted by Gasteiger charge is -2.18. The third kappa shape index (κ3) is 3.63. The average molecular weight is 252 g/mol. The van der Waals surface area contributed by atoms with Gasteiger partial charge in [-0.2, -0.15) is 0 Å². The van der Waals surface area contributed by atoms with E-state index in [1.165, 1.54) is 6.07 Å². The van der Waals surface area contributed by atoms with Gasteiger partial charge in [-0.3, -0.25) is 0 Å². The van der Waals surface area contributed by atoms with Gasteiger partial charge in [-0.05, 0) is 23.6 Å². The Morgan fingerprint density at radius 3 is 2.53 bits per heavy atom. The largest absolute Gasteiger partial charge is 0.324 e. The number of hydrogen-bond acceptors (Lipinski definition) is 1. The lowest BCUT2D eigenvalue weighted by atomic mass is 9.93. The first-order valence-electron chi connectivity index (χ1n) is 4.76. The van der Waals surface area contributed by atoms with E-state index in [-0.39, 0.29) is 23.5 Å². The normalized spacial score (nSPS) is 14.2. The summed E-state index contributed by atoms with van der Waals surface area (Å²) in [5.74, 6) is -0.0247. The zero-order valence-electron chi connectivity index (χ0n) is 8.84. The molecule has 1 aromatic carbocycles. The van der Waals surface area contributed by atoms with Crippen molar-refractivity contribution in [2.45, 2.75) is 26.3 Å². The molecule has 0 saturated heterocycles. The second-order valence-electron chi connectivity index (χ2n) is 3.58. The van der Waals surface area contributed by atoms with Crippen LogP contribution < -0.4 is 5.73 Å². The molecule has 0 heterocycles. The first-order valence-corrected chi connectivity index (χ1v) is 5.14. The zero-order chi connectivity index (χ0) is 10.7. The summed E-state index contributed by atoms with van der Waals surface area (Å²) in [6.45, 7) is 4.15. The molecule has 15 heavy (non-hydrogen) atoms. The minimum absolute atomic E-state index is 0. The highest BCUT2D eigenvalue weighted by molar-refractivity contribution is 6.30. The molecule has 0 radical (unpaired) electrons. The van der Waals surface area contributed by atoms with Crippen LogP contribution in [0, 0.1) is 11.7 Å². The summed E-state index contributed by atoms with van der Waals surface area (Å²) in [5.41, 5.74) is 6.88. The van der Waals surface area contributed by atoms with E-state index >= 15 is 0 Å². The molecule has 0 bridgehead atoms. The Morgan fingerprint density at radius 2 is 2.07 bits per heavy atom. The van der Waals surface area contributed by atoms with E-state index < -0.39 is 5.82 Å². The summed E-state index contributed by atoms with van der Waals surface area (Å²) in [5, 5.41) is 0.140. The quantitative estimate of drug-likeness (QED) is 0.866. The molecule has 0 aliphatic carbocycles. The number of halogens is 3. The molecular weight excluding hydrogens is 236 g/mol. The highest BCUT2D eigenvalue weighted by Gasteiger charge is 2.14. The van der Waals surface area contributed by atoms with Gasteiger partial charge in [-0.15, -0.1) is 12.4 Å². The summed E-state index contributed by atoms with van der Waals surface area (Å²) in [6.07, 6.45) is 0.996. The third-order valence-corrected chi connectivity index (χ3v) is 2.88. The van der Waals surface area contributed by atoms with Crippen molar-refractivity contribution >= 4 is 24.0 Å². The topological polar surface area (TPSA) is 26.0 Å². The van der Waals surface area contributed by atoms with Gasteiger partial charge in [-0.1, -0.05) is 37.9 Å². The molecule has 2 atom stereocenters. The summed E-state index contributed by atoms with van der Waals surface area (Å²) in [6, 6.07) is 4.59. The Hall–Kier alpha value is -0.310. The molecule has 0 aromatic heterocycles. The Labute approximate surface area is 101 Å². The van der Waals surface area contributed by atoms with Gasteiger partial charge in [0, 0.05) is 6.04 Å². The summed E-state index contributed by atoms with van der Waals surface area (Å²) < 4.78 is 12.9. The molecule has 0 amide bonds. The Kier molecular flexibility index (Phi) is 6.18. The van der Waals surface area contributed by atoms with Crippen molar-refractivity contribution in [2.75, 3.05) is 0 Å². The fourth-order valence-corrected chi connectivity index (χ4v) is 1.49. The van der Waals surface area contributed by atoms with E-state index in [4.69, 9.17) is 17.3 Å². The molecule has 0 aliphatic rings. The standard InChI is InChI=1S/C11H15ClFN.ClH/c1-3-7(2)11(14)8-4-5-10(13)9(12)6-8;/h4-7,11H,3,14H2,1-2H3;1H/t7?,11-;/m0./s1. The lowest BCUT2D eigenvalue weighted by Crippen LogP contribution is -2.18. The molecule has 1 aromatic rings. The van der Waals surface area contributed by atoms with E-state index in [9.17, 15) is 4.39 Å². The van der Waals surface area contributed by atoms with Crippen LogP contribution in [-0.4, -0.2) is 0 Å². The molecule has 1 rings (SSSR count). The summed E-state index contributed by atoms with van der Waals surface area (Å²) >= 11 is 5.68. The Balaban J connectivity index is 0.00000196.